The first-order valence-corrected chi connectivity index (χ1v) is 21.0. The Hall–Kier alpha value is -2.58. The molecule has 2 saturated heterocycles. The number of ether oxygens (including phenoxy) is 2. The molecule has 0 saturated carbocycles. The molecule has 2 atom stereocenters. The number of halogens is 1. The minimum absolute atomic E-state index is 0.00323. The number of nitrogens with zero attached hydrogens (tertiary/aromatic N) is 3. The highest BCUT2D eigenvalue weighted by molar-refractivity contribution is 8.00. The third kappa shape index (κ3) is 10.2. The van der Waals surface area contributed by atoms with Gasteiger partial charge in [0.1, 0.15) is 11.5 Å². The van der Waals surface area contributed by atoms with Crippen molar-refractivity contribution in [2.75, 3.05) is 51.2 Å². The molecule has 0 radical (unpaired) electrons. The van der Waals surface area contributed by atoms with Gasteiger partial charge in [0.2, 0.25) is 0 Å². The summed E-state index contributed by atoms with van der Waals surface area (Å²) >= 11 is 3.17. The lowest BCUT2D eigenvalue weighted by molar-refractivity contribution is -0.128. The maximum atomic E-state index is 15.0. The molecule has 2 aromatic carbocycles. The van der Waals surface area contributed by atoms with Gasteiger partial charge < -0.3 is 30.1 Å². The number of rotatable bonds is 13. The zero-order valence-corrected chi connectivity index (χ0v) is 34.1. The fourth-order valence-electron chi connectivity index (χ4n) is 7.47. The number of hydrogen-bond acceptors (Lipinski definition) is 10. The van der Waals surface area contributed by atoms with E-state index in [9.17, 15) is 14.3 Å². The van der Waals surface area contributed by atoms with Crippen LogP contribution in [0.3, 0.4) is 0 Å². The van der Waals surface area contributed by atoms with Gasteiger partial charge in [-0.3, -0.25) is 9.69 Å². The lowest BCUT2D eigenvalue weighted by atomic mass is 9.87. The Morgan fingerprint density at radius 2 is 1.92 bits per heavy atom. The summed E-state index contributed by atoms with van der Waals surface area (Å²) in [5, 5.41) is 21.1. The Kier molecular flexibility index (Phi) is 12.9. The van der Waals surface area contributed by atoms with Crippen LogP contribution in [0.5, 0.6) is 0 Å². The lowest BCUT2D eigenvalue weighted by Crippen LogP contribution is -2.58. The molecular weight excluding hydrogens is 710 g/mol. The third-order valence-corrected chi connectivity index (χ3v) is 12.5. The molecule has 9 nitrogen and oxygen atoms in total. The Labute approximate surface area is 323 Å². The maximum Gasteiger partial charge on any atom is 0.273 e. The van der Waals surface area contributed by atoms with Crippen LogP contribution in [0.15, 0.2) is 40.6 Å². The Morgan fingerprint density at radius 3 is 2.62 bits per heavy atom. The van der Waals surface area contributed by atoms with E-state index in [1.165, 1.54) is 5.56 Å². The molecule has 290 valence electrons. The largest absolute Gasteiger partial charge is 0.387 e. The number of nitrogens with one attached hydrogen (secondary N) is 2. The molecule has 3 aliphatic rings. The SMILES string of the molecule is CC(C)OC1Nc2c(CC(C)(C)C)ccc([C@@H](O)CNCCc3cc(CN4CCC5(CC4)CN(C(=O)c4csc(C(C)C)n4)CCO5)ccc3F)c2S1. The monoisotopic (exact) mass is 767 g/mol. The average Bonchev–Trinajstić information content (AvgIpc) is 3.77. The number of aromatic nitrogens is 1. The molecule has 12 heteroatoms. The van der Waals surface area contributed by atoms with Gasteiger partial charge in [-0.25, -0.2) is 9.37 Å². The smallest absolute Gasteiger partial charge is 0.273 e. The van der Waals surface area contributed by atoms with E-state index in [1.807, 2.05) is 42.3 Å². The van der Waals surface area contributed by atoms with E-state index in [2.05, 4.69) is 61.2 Å². The number of amides is 1. The van der Waals surface area contributed by atoms with Crippen LogP contribution in [-0.4, -0.2) is 88.9 Å². The van der Waals surface area contributed by atoms with Crippen LogP contribution >= 0.6 is 23.1 Å². The molecule has 1 amide bonds. The van der Waals surface area contributed by atoms with Crippen LogP contribution in [0.25, 0.3) is 0 Å². The van der Waals surface area contributed by atoms with Gasteiger partial charge in [-0.2, -0.15) is 0 Å². The van der Waals surface area contributed by atoms with Gasteiger partial charge in [-0.15, -0.1) is 11.3 Å². The molecule has 6 rings (SSSR count). The zero-order valence-electron chi connectivity index (χ0n) is 32.5. The van der Waals surface area contributed by atoms with Gasteiger partial charge in [-0.05, 0) is 79.8 Å². The predicted molar refractivity (Wildman–Crippen MR) is 212 cm³/mol. The van der Waals surface area contributed by atoms with E-state index >= 15 is 0 Å². The fourth-order valence-corrected chi connectivity index (χ4v) is 9.60. The minimum Gasteiger partial charge on any atom is -0.387 e. The summed E-state index contributed by atoms with van der Waals surface area (Å²) in [6.45, 7) is 20.0. The summed E-state index contributed by atoms with van der Waals surface area (Å²) in [5.74, 6) is 0.0943. The Morgan fingerprint density at radius 1 is 1.15 bits per heavy atom. The number of hydrogen-bond donors (Lipinski definition) is 3. The van der Waals surface area contributed by atoms with Crippen molar-refractivity contribution in [1.82, 2.24) is 20.1 Å². The van der Waals surface area contributed by atoms with Crippen LogP contribution in [0.1, 0.15) is 111 Å². The summed E-state index contributed by atoms with van der Waals surface area (Å²) in [7, 11) is 0. The van der Waals surface area contributed by atoms with Crippen LogP contribution in [-0.2, 0) is 28.9 Å². The predicted octanol–water partition coefficient (Wildman–Crippen LogP) is 7.59. The van der Waals surface area contributed by atoms with Crippen molar-refractivity contribution in [2.45, 2.75) is 115 Å². The van der Waals surface area contributed by atoms with Crippen molar-refractivity contribution >= 4 is 34.7 Å². The van der Waals surface area contributed by atoms with Crippen molar-refractivity contribution in [3.8, 4) is 0 Å². The summed E-state index contributed by atoms with van der Waals surface area (Å²) in [6, 6.07) is 9.60. The summed E-state index contributed by atoms with van der Waals surface area (Å²) in [6.07, 6.45) is 2.49. The number of morpholine rings is 1. The Balaban J connectivity index is 0.993. The lowest BCUT2D eigenvalue weighted by Gasteiger charge is -2.47. The van der Waals surface area contributed by atoms with Crippen molar-refractivity contribution in [1.29, 1.82) is 0 Å². The van der Waals surface area contributed by atoms with E-state index in [0.29, 0.717) is 56.4 Å². The normalized spacial score (nSPS) is 19.6. The first-order chi connectivity index (χ1) is 25.2. The van der Waals surface area contributed by atoms with E-state index in [-0.39, 0.29) is 34.4 Å². The standard InChI is InChI=1S/C41H58FN5O4S2/c1-26(2)37-44-33(24-52-37)38(49)47-18-19-50-41(25-47)13-16-46(17-14-41)23-28-8-11-32(42)29(20-28)12-15-43-22-34(48)31-10-9-30(21-40(5,6)7)35-36(31)53-39(45-35)51-27(3)4/h8-11,20,24,26-27,34,39,43,45,48H,12-19,21-23,25H2,1-7H3/t34-,39?/m0/s1. The van der Waals surface area contributed by atoms with Gasteiger partial charge in [0.05, 0.1) is 41.7 Å². The summed E-state index contributed by atoms with van der Waals surface area (Å²) in [5.41, 5.74) is 5.06. The second kappa shape index (κ2) is 17.1. The maximum absolute atomic E-state index is 15.0. The van der Waals surface area contributed by atoms with Crippen LogP contribution in [0.4, 0.5) is 10.1 Å². The molecule has 4 heterocycles. The van der Waals surface area contributed by atoms with E-state index in [1.54, 1.807) is 29.2 Å². The number of carbonyl (C=O) groups excluding carboxylic acids is 1. The first-order valence-electron chi connectivity index (χ1n) is 19.2. The summed E-state index contributed by atoms with van der Waals surface area (Å²) in [4.78, 5) is 23.3. The molecule has 2 fully saturated rings. The molecule has 3 aromatic rings. The molecule has 3 aliphatic heterocycles. The van der Waals surface area contributed by atoms with Crippen LogP contribution < -0.4 is 10.6 Å². The zero-order chi connectivity index (χ0) is 37.9. The quantitative estimate of drug-likeness (QED) is 0.152. The number of fused-ring (bicyclic) bond motifs is 1. The first kappa shape index (κ1) is 40.1. The molecule has 0 bridgehead atoms. The summed E-state index contributed by atoms with van der Waals surface area (Å²) < 4.78 is 27.4. The number of aliphatic hydroxyl groups is 1. The average molecular weight is 768 g/mol. The minimum atomic E-state index is -0.707. The number of likely N-dealkylation sites (tertiary alicyclic amines) is 1. The van der Waals surface area contributed by atoms with Crippen molar-refractivity contribution < 1.29 is 23.8 Å². The fraction of sp³-hybridized carbons (Fsp3) is 0.610. The highest BCUT2D eigenvalue weighted by atomic mass is 32.2. The topological polar surface area (TPSA) is 99.2 Å². The highest BCUT2D eigenvalue weighted by Crippen LogP contribution is 2.46. The molecule has 1 unspecified atom stereocenters. The number of benzene rings is 2. The van der Waals surface area contributed by atoms with Gasteiger partial charge in [0, 0.05) is 48.9 Å². The number of thioether (sulfide) groups is 1. The van der Waals surface area contributed by atoms with Crippen molar-refractivity contribution in [3.63, 3.8) is 0 Å². The van der Waals surface area contributed by atoms with Gasteiger partial charge in [-0.1, -0.05) is 70.6 Å². The third-order valence-electron chi connectivity index (χ3n) is 10.2. The van der Waals surface area contributed by atoms with E-state index in [4.69, 9.17) is 9.47 Å². The molecule has 53 heavy (non-hydrogen) atoms. The highest BCUT2D eigenvalue weighted by Gasteiger charge is 2.41. The van der Waals surface area contributed by atoms with E-state index < -0.39 is 6.10 Å². The number of aliphatic hydroxyl groups excluding tert-OH is 1. The second-order valence-electron chi connectivity index (χ2n) is 16.7. The van der Waals surface area contributed by atoms with E-state index in [0.717, 1.165) is 65.6 Å². The Bertz CT molecular complexity index is 1720. The van der Waals surface area contributed by atoms with Crippen LogP contribution in [0, 0.1) is 11.2 Å². The molecule has 0 aliphatic carbocycles. The number of carbonyl (C=O) groups is 1. The molecule has 1 spiro atoms. The van der Waals surface area contributed by atoms with Gasteiger partial charge in [0.25, 0.3) is 5.91 Å². The van der Waals surface area contributed by atoms with Crippen LogP contribution in [0.2, 0.25) is 0 Å². The van der Waals surface area contributed by atoms with Gasteiger partial charge in [0.15, 0.2) is 5.56 Å². The molecular formula is C41H58FN5O4S2. The second-order valence-corrected chi connectivity index (χ2v) is 18.7. The van der Waals surface area contributed by atoms with Crippen molar-refractivity contribution in [3.05, 3.63) is 74.5 Å². The molecule has 1 aromatic heterocycles. The number of anilines is 1. The number of thiazole rings is 1. The molecule has 3 N–H and O–H groups in total. The van der Waals surface area contributed by atoms with Gasteiger partial charge >= 0.3 is 0 Å². The number of piperidine rings is 1. The van der Waals surface area contributed by atoms with Crippen molar-refractivity contribution in [2.24, 2.45) is 5.41 Å².